The molecule has 1 saturated heterocycles. The Balaban J connectivity index is 1.54. The molecule has 1 fully saturated rings. The third kappa shape index (κ3) is 3.04. The summed E-state index contributed by atoms with van der Waals surface area (Å²) < 4.78 is 0. The molecule has 9 nitrogen and oxygen atoms in total. The zero-order valence-corrected chi connectivity index (χ0v) is 14.8. The second-order valence-electron chi connectivity index (χ2n) is 6.24. The Bertz CT molecular complexity index is 985. The minimum Gasteiger partial charge on any atom is -0.379 e. The standard InChI is InChI=1S/C17H15N5O4S/c18-17-20-9(7-27-17)6-19-8-1-2-10-11(5-8)16(26)22(15(10)25)12-3-4-13(23)21-14(12)24/h1-2,5,7,12,19H,3-4,6H2,(H2,18,20)(H,21,23,24). The number of nitrogens with one attached hydrogen (secondary N) is 2. The second kappa shape index (κ2) is 6.47. The van der Waals surface area contributed by atoms with Crippen LogP contribution in [0.1, 0.15) is 39.3 Å². The van der Waals surface area contributed by atoms with Gasteiger partial charge in [-0.1, -0.05) is 0 Å². The van der Waals surface area contributed by atoms with Gasteiger partial charge in [-0.15, -0.1) is 11.3 Å². The van der Waals surface area contributed by atoms with E-state index in [-0.39, 0.29) is 24.0 Å². The summed E-state index contributed by atoms with van der Waals surface area (Å²) in [6.45, 7) is 0.422. The summed E-state index contributed by atoms with van der Waals surface area (Å²) in [5.41, 5.74) is 7.49. The maximum absolute atomic E-state index is 12.7. The maximum Gasteiger partial charge on any atom is 0.262 e. The Labute approximate surface area is 157 Å². The van der Waals surface area contributed by atoms with Crippen molar-refractivity contribution in [2.24, 2.45) is 0 Å². The number of thiazole rings is 1. The highest BCUT2D eigenvalue weighted by atomic mass is 32.1. The molecule has 1 aromatic heterocycles. The maximum atomic E-state index is 12.7. The van der Waals surface area contributed by atoms with E-state index < -0.39 is 29.7 Å². The predicted octanol–water partition coefficient (Wildman–Crippen LogP) is 0.739. The monoisotopic (exact) mass is 385 g/mol. The first kappa shape index (κ1) is 17.2. The van der Waals surface area contributed by atoms with Crippen LogP contribution in [-0.2, 0) is 16.1 Å². The molecule has 0 aliphatic carbocycles. The number of rotatable bonds is 4. The van der Waals surface area contributed by atoms with Gasteiger partial charge in [0.2, 0.25) is 11.8 Å². The zero-order chi connectivity index (χ0) is 19.1. The molecule has 1 unspecified atom stereocenters. The largest absolute Gasteiger partial charge is 0.379 e. The SMILES string of the molecule is Nc1nc(CNc2ccc3c(c2)C(=O)N(C2CCC(=O)NC2=O)C3=O)cs1. The molecule has 0 bridgehead atoms. The third-order valence-corrected chi connectivity index (χ3v) is 5.21. The van der Waals surface area contributed by atoms with Gasteiger partial charge < -0.3 is 11.1 Å². The highest BCUT2D eigenvalue weighted by Gasteiger charge is 2.44. The van der Waals surface area contributed by atoms with Gasteiger partial charge in [0.15, 0.2) is 5.13 Å². The lowest BCUT2D eigenvalue weighted by molar-refractivity contribution is -0.136. The van der Waals surface area contributed by atoms with Gasteiger partial charge >= 0.3 is 0 Å². The number of fused-ring (bicyclic) bond motifs is 1. The van der Waals surface area contributed by atoms with E-state index in [2.05, 4.69) is 15.6 Å². The Hall–Kier alpha value is -3.27. The molecule has 1 aromatic carbocycles. The van der Waals surface area contributed by atoms with E-state index in [0.717, 1.165) is 10.6 Å². The number of imide groups is 2. The van der Waals surface area contributed by atoms with Gasteiger partial charge in [-0.3, -0.25) is 29.4 Å². The molecular weight excluding hydrogens is 370 g/mol. The number of hydrogen-bond donors (Lipinski definition) is 3. The predicted molar refractivity (Wildman–Crippen MR) is 97.0 cm³/mol. The van der Waals surface area contributed by atoms with E-state index in [1.165, 1.54) is 11.3 Å². The van der Waals surface area contributed by atoms with Crippen molar-refractivity contribution in [1.29, 1.82) is 0 Å². The average molecular weight is 385 g/mol. The van der Waals surface area contributed by atoms with Crippen molar-refractivity contribution in [3.63, 3.8) is 0 Å². The number of nitrogen functional groups attached to an aromatic ring is 1. The number of piperidine rings is 1. The molecule has 10 heteroatoms. The fourth-order valence-corrected chi connectivity index (χ4v) is 3.74. The number of carbonyl (C=O) groups excluding carboxylic acids is 4. The smallest absolute Gasteiger partial charge is 0.262 e. The summed E-state index contributed by atoms with van der Waals surface area (Å²) in [5, 5.41) is 7.61. The number of amides is 4. The normalized spacial score (nSPS) is 19.3. The molecule has 27 heavy (non-hydrogen) atoms. The second-order valence-corrected chi connectivity index (χ2v) is 7.13. The third-order valence-electron chi connectivity index (χ3n) is 4.48. The number of hydrogen-bond acceptors (Lipinski definition) is 8. The van der Waals surface area contributed by atoms with Gasteiger partial charge in [-0.25, -0.2) is 4.98 Å². The Morgan fingerprint density at radius 1 is 1.22 bits per heavy atom. The van der Waals surface area contributed by atoms with Crippen LogP contribution in [-0.4, -0.2) is 39.6 Å². The lowest BCUT2D eigenvalue weighted by Crippen LogP contribution is -2.54. The van der Waals surface area contributed by atoms with Crippen LogP contribution in [0.3, 0.4) is 0 Å². The van der Waals surface area contributed by atoms with E-state index in [4.69, 9.17) is 5.73 Å². The van der Waals surface area contributed by atoms with Crippen molar-refractivity contribution < 1.29 is 19.2 Å². The molecule has 0 radical (unpaired) electrons. The molecule has 4 N–H and O–H groups in total. The van der Waals surface area contributed by atoms with Crippen molar-refractivity contribution in [1.82, 2.24) is 15.2 Å². The van der Waals surface area contributed by atoms with Crippen LogP contribution < -0.4 is 16.4 Å². The highest BCUT2D eigenvalue weighted by Crippen LogP contribution is 2.29. The van der Waals surface area contributed by atoms with Gasteiger partial charge in [0.25, 0.3) is 11.8 Å². The van der Waals surface area contributed by atoms with E-state index in [9.17, 15) is 19.2 Å². The Morgan fingerprint density at radius 2 is 2.00 bits per heavy atom. The first-order chi connectivity index (χ1) is 12.9. The lowest BCUT2D eigenvalue weighted by atomic mass is 10.0. The number of nitrogens with two attached hydrogens (primary N) is 1. The van der Waals surface area contributed by atoms with Crippen LogP contribution in [0.2, 0.25) is 0 Å². The molecule has 138 valence electrons. The molecule has 2 aliphatic rings. The number of benzene rings is 1. The summed E-state index contributed by atoms with van der Waals surface area (Å²) in [4.78, 5) is 53.8. The minimum absolute atomic E-state index is 0.0907. The van der Waals surface area contributed by atoms with Gasteiger partial charge in [-0.05, 0) is 24.6 Å². The van der Waals surface area contributed by atoms with Crippen molar-refractivity contribution in [3.8, 4) is 0 Å². The molecule has 2 aromatic rings. The number of nitrogens with zero attached hydrogens (tertiary/aromatic N) is 2. The van der Waals surface area contributed by atoms with Gasteiger partial charge in [0.05, 0.1) is 23.4 Å². The van der Waals surface area contributed by atoms with Gasteiger partial charge in [0.1, 0.15) is 6.04 Å². The molecule has 4 rings (SSSR count). The molecule has 1 atom stereocenters. The first-order valence-corrected chi connectivity index (χ1v) is 9.11. The quantitative estimate of drug-likeness (QED) is 0.661. The van der Waals surface area contributed by atoms with E-state index in [1.54, 1.807) is 18.2 Å². The zero-order valence-electron chi connectivity index (χ0n) is 14.0. The van der Waals surface area contributed by atoms with E-state index in [0.29, 0.717) is 17.4 Å². The highest BCUT2D eigenvalue weighted by molar-refractivity contribution is 7.13. The van der Waals surface area contributed by atoms with Crippen LogP contribution in [0, 0.1) is 0 Å². The van der Waals surface area contributed by atoms with Crippen LogP contribution >= 0.6 is 11.3 Å². The van der Waals surface area contributed by atoms with Crippen molar-refractivity contribution in [3.05, 3.63) is 40.4 Å². The average Bonchev–Trinajstić information content (AvgIpc) is 3.16. The molecule has 2 aliphatic heterocycles. The van der Waals surface area contributed by atoms with E-state index in [1.807, 2.05) is 5.38 Å². The molecule has 3 heterocycles. The number of aromatic nitrogens is 1. The minimum atomic E-state index is -0.968. The number of carbonyl (C=O) groups is 4. The Morgan fingerprint density at radius 3 is 2.70 bits per heavy atom. The van der Waals surface area contributed by atoms with Gasteiger partial charge in [-0.2, -0.15) is 0 Å². The van der Waals surface area contributed by atoms with Crippen molar-refractivity contribution >= 4 is 45.8 Å². The fraction of sp³-hybridized carbons (Fsp3) is 0.235. The first-order valence-electron chi connectivity index (χ1n) is 8.23. The van der Waals surface area contributed by atoms with E-state index >= 15 is 0 Å². The van der Waals surface area contributed by atoms with Gasteiger partial charge in [0, 0.05) is 17.5 Å². The topological polar surface area (TPSA) is 134 Å². The molecule has 0 saturated carbocycles. The fourth-order valence-electron chi connectivity index (χ4n) is 3.18. The summed E-state index contributed by atoms with van der Waals surface area (Å²) in [7, 11) is 0. The van der Waals surface area contributed by atoms with Crippen LogP contribution in [0.25, 0.3) is 0 Å². The molecular formula is C17H15N5O4S. The van der Waals surface area contributed by atoms with Crippen molar-refractivity contribution in [2.45, 2.75) is 25.4 Å². The summed E-state index contributed by atoms with van der Waals surface area (Å²) in [6, 6.07) is 3.86. The molecule has 0 spiro atoms. The van der Waals surface area contributed by atoms with Crippen LogP contribution in [0.15, 0.2) is 23.6 Å². The lowest BCUT2D eigenvalue weighted by Gasteiger charge is -2.27. The van der Waals surface area contributed by atoms with Crippen LogP contribution in [0.5, 0.6) is 0 Å². The van der Waals surface area contributed by atoms with Crippen LogP contribution in [0.4, 0.5) is 10.8 Å². The summed E-state index contributed by atoms with van der Waals surface area (Å²) >= 11 is 1.34. The van der Waals surface area contributed by atoms with Crippen molar-refractivity contribution in [2.75, 3.05) is 11.1 Å². The number of anilines is 2. The summed E-state index contributed by atoms with van der Waals surface area (Å²) in [6.07, 6.45) is 0.222. The molecule has 4 amide bonds. The summed E-state index contributed by atoms with van der Waals surface area (Å²) in [5.74, 6) is -2.09. The Kier molecular flexibility index (Phi) is 4.11.